The van der Waals surface area contributed by atoms with E-state index < -0.39 is 0 Å². The fourth-order valence-corrected chi connectivity index (χ4v) is 3.67. The maximum Gasteiger partial charge on any atom is 0.213 e. The third-order valence-electron chi connectivity index (χ3n) is 5.07. The normalized spacial score (nSPS) is 19.4. The predicted octanol–water partition coefficient (Wildman–Crippen LogP) is 3.95. The quantitative estimate of drug-likeness (QED) is 0.705. The van der Waals surface area contributed by atoms with Crippen LogP contribution in [0.4, 0.5) is 0 Å². The van der Waals surface area contributed by atoms with Gasteiger partial charge < -0.3 is 4.74 Å². The Balaban J connectivity index is 1.48. The molecule has 0 radical (unpaired) electrons. The molecule has 0 amide bonds. The van der Waals surface area contributed by atoms with Gasteiger partial charge in [-0.1, -0.05) is 6.07 Å². The molecule has 0 unspecified atom stereocenters. The van der Waals surface area contributed by atoms with E-state index in [2.05, 4.69) is 25.8 Å². The van der Waals surface area contributed by atoms with Gasteiger partial charge in [-0.2, -0.15) is 5.26 Å². The summed E-state index contributed by atoms with van der Waals surface area (Å²) in [5.41, 5.74) is 1.65. The number of rotatable bonds is 4. The molecule has 0 N–H and O–H groups in total. The Morgan fingerprint density at radius 1 is 1.04 bits per heavy atom. The number of hydrogen-bond donors (Lipinski definition) is 0. The van der Waals surface area contributed by atoms with Crippen LogP contribution >= 0.6 is 0 Å². The molecule has 1 saturated carbocycles. The summed E-state index contributed by atoms with van der Waals surface area (Å²) >= 11 is 0. The Morgan fingerprint density at radius 3 is 2.48 bits per heavy atom. The summed E-state index contributed by atoms with van der Waals surface area (Å²) in [5, 5.41) is 17.8. The van der Waals surface area contributed by atoms with Crippen LogP contribution in [0.25, 0.3) is 5.69 Å². The molecule has 1 aliphatic carbocycles. The first kappa shape index (κ1) is 17.2. The third kappa shape index (κ3) is 3.68. The van der Waals surface area contributed by atoms with Gasteiger partial charge in [0.1, 0.15) is 17.8 Å². The molecule has 2 heterocycles. The van der Waals surface area contributed by atoms with Crippen LogP contribution in [0.5, 0.6) is 5.88 Å². The van der Waals surface area contributed by atoms with Crippen molar-refractivity contribution in [2.75, 3.05) is 0 Å². The van der Waals surface area contributed by atoms with Crippen molar-refractivity contribution in [3.63, 3.8) is 0 Å². The summed E-state index contributed by atoms with van der Waals surface area (Å²) in [6.45, 7) is 1.96. The van der Waals surface area contributed by atoms with E-state index in [-0.39, 0.29) is 6.10 Å². The number of benzene rings is 1. The van der Waals surface area contributed by atoms with E-state index in [0.29, 0.717) is 17.4 Å². The summed E-state index contributed by atoms with van der Waals surface area (Å²) < 4.78 is 8.10. The van der Waals surface area contributed by atoms with Crippen LogP contribution in [0.2, 0.25) is 0 Å². The Hall–Kier alpha value is -3.20. The van der Waals surface area contributed by atoms with Crippen LogP contribution in [-0.4, -0.2) is 25.9 Å². The van der Waals surface area contributed by atoms with Crippen LogP contribution in [0.1, 0.15) is 48.8 Å². The number of nitrogens with zero attached hydrogens (tertiary/aromatic N) is 5. The van der Waals surface area contributed by atoms with Crippen molar-refractivity contribution in [2.24, 2.45) is 0 Å². The standard InChI is InChI=1S/C21H21N5O/c1-15-24-25-21(26(15)18-9-5-16(14-22)6-10-18)17-7-11-19(12-8-17)27-20-4-2-3-13-23-20/h2-6,9-10,13,17,19H,7-8,11-12H2,1H3. The molecule has 1 fully saturated rings. The van der Waals surface area contributed by atoms with Crippen LogP contribution in [-0.2, 0) is 0 Å². The third-order valence-corrected chi connectivity index (χ3v) is 5.07. The first-order valence-electron chi connectivity index (χ1n) is 9.24. The number of hydrogen-bond acceptors (Lipinski definition) is 5. The van der Waals surface area contributed by atoms with Gasteiger partial charge >= 0.3 is 0 Å². The van der Waals surface area contributed by atoms with Crippen LogP contribution in [0.3, 0.4) is 0 Å². The molecule has 1 aromatic carbocycles. The number of aromatic nitrogens is 4. The van der Waals surface area contributed by atoms with E-state index >= 15 is 0 Å². The molecule has 2 aromatic heterocycles. The Labute approximate surface area is 158 Å². The number of pyridine rings is 1. The Bertz CT molecular complexity index is 935. The molecule has 3 aromatic rings. The van der Waals surface area contributed by atoms with E-state index in [9.17, 15) is 0 Å². The predicted molar refractivity (Wildman–Crippen MR) is 101 cm³/mol. The maximum absolute atomic E-state index is 9.00. The minimum atomic E-state index is 0.198. The number of aryl methyl sites for hydroxylation is 1. The van der Waals surface area contributed by atoms with Gasteiger partial charge in [-0.25, -0.2) is 4.98 Å². The van der Waals surface area contributed by atoms with Crippen LogP contribution < -0.4 is 4.74 Å². The summed E-state index contributed by atoms with van der Waals surface area (Å²) in [4.78, 5) is 4.25. The molecular weight excluding hydrogens is 338 g/mol. The second kappa shape index (κ2) is 7.58. The van der Waals surface area contributed by atoms with E-state index in [0.717, 1.165) is 43.0 Å². The van der Waals surface area contributed by atoms with Gasteiger partial charge in [0.2, 0.25) is 5.88 Å². The number of ether oxygens (including phenoxy) is 1. The highest BCUT2D eigenvalue weighted by Crippen LogP contribution is 2.34. The molecule has 136 valence electrons. The minimum Gasteiger partial charge on any atom is -0.474 e. The minimum absolute atomic E-state index is 0.198. The zero-order valence-electron chi connectivity index (χ0n) is 15.2. The van der Waals surface area contributed by atoms with E-state index in [1.54, 1.807) is 6.20 Å². The highest BCUT2D eigenvalue weighted by molar-refractivity contribution is 5.41. The van der Waals surface area contributed by atoms with Gasteiger partial charge in [-0.05, 0) is 62.9 Å². The van der Waals surface area contributed by atoms with Crippen LogP contribution in [0.15, 0.2) is 48.7 Å². The maximum atomic E-state index is 9.00. The zero-order chi connectivity index (χ0) is 18.6. The molecule has 0 atom stereocenters. The first-order chi connectivity index (χ1) is 13.2. The molecule has 4 rings (SSSR count). The van der Waals surface area contributed by atoms with Gasteiger partial charge in [-0.15, -0.1) is 10.2 Å². The van der Waals surface area contributed by atoms with Gasteiger partial charge in [0.25, 0.3) is 0 Å². The van der Waals surface area contributed by atoms with Crippen molar-refractivity contribution in [1.82, 2.24) is 19.7 Å². The fraction of sp³-hybridized carbons (Fsp3) is 0.333. The lowest BCUT2D eigenvalue weighted by atomic mass is 9.86. The SMILES string of the molecule is Cc1nnc(C2CCC(Oc3ccccn3)CC2)n1-c1ccc(C#N)cc1. The van der Waals surface area contributed by atoms with Crippen molar-refractivity contribution in [3.8, 4) is 17.6 Å². The Kier molecular flexibility index (Phi) is 4.84. The average molecular weight is 359 g/mol. The smallest absolute Gasteiger partial charge is 0.213 e. The highest BCUT2D eigenvalue weighted by Gasteiger charge is 2.28. The molecule has 0 spiro atoms. The molecule has 1 aliphatic rings. The highest BCUT2D eigenvalue weighted by atomic mass is 16.5. The molecule has 0 aliphatic heterocycles. The summed E-state index contributed by atoms with van der Waals surface area (Å²) in [5.74, 6) is 2.90. The molecule has 0 saturated heterocycles. The number of nitriles is 1. The van der Waals surface area contributed by atoms with E-state index in [1.807, 2.05) is 49.4 Å². The summed E-state index contributed by atoms with van der Waals surface area (Å²) in [6, 6.07) is 15.5. The van der Waals surface area contributed by atoms with Crippen molar-refractivity contribution in [3.05, 3.63) is 65.9 Å². The molecule has 6 heteroatoms. The fourth-order valence-electron chi connectivity index (χ4n) is 3.67. The topological polar surface area (TPSA) is 76.6 Å². The molecular formula is C21H21N5O. The molecule has 0 bridgehead atoms. The monoisotopic (exact) mass is 359 g/mol. The van der Waals surface area contributed by atoms with Crippen molar-refractivity contribution in [1.29, 1.82) is 5.26 Å². The van der Waals surface area contributed by atoms with Crippen molar-refractivity contribution >= 4 is 0 Å². The lowest BCUT2D eigenvalue weighted by molar-refractivity contribution is 0.139. The van der Waals surface area contributed by atoms with Crippen LogP contribution in [0, 0.1) is 18.3 Å². The molecule has 6 nitrogen and oxygen atoms in total. The van der Waals surface area contributed by atoms with Crippen molar-refractivity contribution < 1.29 is 4.74 Å². The van der Waals surface area contributed by atoms with Gasteiger partial charge in [-0.3, -0.25) is 4.57 Å². The average Bonchev–Trinajstić information content (AvgIpc) is 3.11. The van der Waals surface area contributed by atoms with Gasteiger partial charge in [0.15, 0.2) is 0 Å². The van der Waals surface area contributed by atoms with Gasteiger partial charge in [0, 0.05) is 23.9 Å². The van der Waals surface area contributed by atoms with Crippen molar-refractivity contribution in [2.45, 2.75) is 44.6 Å². The zero-order valence-corrected chi connectivity index (χ0v) is 15.2. The van der Waals surface area contributed by atoms with E-state index in [4.69, 9.17) is 10.00 Å². The molecule has 27 heavy (non-hydrogen) atoms. The Morgan fingerprint density at radius 2 is 1.81 bits per heavy atom. The largest absolute Gasteiger partial charge is 0.474 e. The second-order valence-corrected chi connectivity index (χ2v) is 6.86. The van der Waals surface area contributed by atoms with E-state index in [1.165, 1.54) is 0 Å². The second-order valence-electron chi connectivity index (χ2n) is 6.86. The lowest BCUT2D eigenvalue weighted by Crippen LogP contribution is -2.25. The lowest BCUT2D eigenvalue weighted by Gasteiger charge is -2.28. The van der Waals surface area contributed by atoms with Gasteiger partial charge in [0.05, 0.1) is 11.6 Å². The first-order valence-corrected chi connectivity index (χ1v) is 9.24. The summed E-state index contributed by atoms with van der Waals surface area (Å²) in [6.07, 6.45) is 5.91. The summed E-state index contributed by atoms with van der Waals surface area (Å²) in [7, 11) is 0.